The van der Waals surface area contributed by atoms with Crippen LogP contribution in [0.4, 0.5) is 0 Å². The van der Waals surface area contributed by atoms with Gasteiger partial charge in [0, 0.05) is 20.3 Å². The predicted octanol–water partition coefficient (Wildman–Crippen LogP) is 2.39. The van der Waals surface area contributed by atoms with E-state index in [1.807, 2.05) is 4.90 Å². The van der Waals surface area contributed by atoms with Crippen molar-refractivity contribution in [3.63, 3.8) is 0 Å². The second-order valence-corrected chi connectivity index (χ2v) is 5.78. The van der Waals surface area contributed by atoms with Gasteiger partial charge in [-0.15, -0.1) is 0 Å². The van der Waals surface area contributed by atoms with Gasteiger partial charge in [0.1, 0.15) is 0 Å². The molecule has 1 aliphatic heterocycles. The summed E-state index contributed by atoms with van der Waals surface area (Å²) >= 11 is 0. The second-order valence-electron chi connectivity index (χ2n) is 5.78. The fraction of sp³-hybridized carbons (Fsp3) is 0.933. The first-order valence-electron chi connectivity index (χ1n) is 7.67. The van der Waals surface area contributed by atoms with Crippen LogP contribution in [0.3, 0.4) is 0 Å². The molecule has 4 nitrogen and oxygen atoms in total. The van der Waals surface area contributed by atoms with Gasteiger partial charge >= 0.3 is 0 Å². The Labute approximate surface area is 117 Å². The topological polar surface area (TPSA) is 41.6 Å². The lowest BCUT2D eigenvalue weighted by molar-refractivity contribution is -0.130. The number of rotatable bonds is 9. The lowest BCUT2D eigenvalue weighted by Gasteiger charge is -2.27. The Kier molecular flexibility index (Phi) is 7.39. The normalized spacial score (nSPS) is 23.6. The lowest BCUT2D eigenvalue weighted by Crippen LogP contribution is -2.42. The lowest BCUT2D eigenvalue weighted by atomic mass is 10.1. The number of hydrogen-bond acceptors (Lipinski definition) is 3. The molecule has 0 bridgehead atoms. The Morgan fingerprint density at radius 2 is 2.05 bits per heavy atom. The molecule has 1 saturated heterocycles. The van der Waals surface area contributed by atoms with Gasteiger partial charge in [0.2, 0.25) is 5.91 Å². The Bertz CT molecular complexity index is 269. The summed E-state index contributed by atoms with van der Waals surface area (Å²) in [5.74, 6) is 0.752. The molecule has 0 spiro atoms. The monoisotopic (exact) mass is 270 g/mol. The molecule has 0 aromatic carbocycles. The van der Waals surface area contributed by atoms with Crippen LogP contribution in [0, 0.1) is 5.92 Å². The minimum atomic E-state index is 0.0368. The summed E-state index contributed by atoms with van der Waals surface area (Å²) in [4.78, 5) is 14.5. The number of methoxy groups -OCH3 is 1. The Hall–Kier alpha value is -0.610. The SMILES string of the molecule is CCCCC1NC(C(C)C)N(CCCCOC)C1=O. The van der Waals surface area contributed by atoms with Gasteiger partial charge in [0.25, 0.3) is 0 Å². The van der Waals surface area contributed by atoms with E-state index < -0.39 is 0 Å². The van der Waals surface area contributed by atoms with Crippen LogP contribution >= 0.6 is 0 Å². The average molecular weight is 270 g/mol. The van der Waals surface area contributed by atoms with Crippen molar-refractivity contribution in [1.82, 2.24) is 10.2 Å². The minimum Gasteiger partial charge on any atom is -0.385 e. The van der Waals surface area contributed by atoms with E-state index in [0.717, 1.165) is 45.3 Å². The maximum atomic E-state index is 12.4. The minimum absolute atomic E-state index is 0.0368. The summed E-state index contributed by atoms with van der Waals surface area (Å²) in [6, 6.07) is 0.0368. The predicted molar refractivity (Wildman–Crippen MR) is 77.9 cm³/mol. The van der Waals surface area contributed by atoms with Gasteiger partial charge in [-0.25, -0.2) is 0 Å². The molecule has 1 heterocycles. The van der Waals surface area contributed by atoms with E-state index in [1.54, 1.807) is 7.11 Å². The van der Waals surface area contributed by atoms with Crippen LogP contribution in [-0.4, -0.2) is 43.3 Å². The summed E-state index contributed by atoms with van der Waals surface area (Å²) < 4.78 is 5.06. The fourth-order valence-corrected chi connectivity index (χ4v) is 2.65. The molecular formula is C15H30N2O2. The van der Waals surface area contributed by atoms with Gasteiger partial charge < -0.3 is 9.64 Å². The van der Waals surface area contributed by atoms with Crippen LogP contribution in [0.5, 0.6) is 0 Å². The zero-order chi connectivity index (χ0) is 14.3. The summed E-state index contributed by atoms with van der Waals surface area (Å²) in [6.07, 6.45) is 5.47. The highest BCUT2D eigenvalue weighted by Crippen LogP contribution is 2.21. The molecule has 0 aromatic heterocycles. The number of nitrogens with zero attached hydrogens (tertiary/aromatic N) is 1. The molecule has 1 rings (SSSR count). The van der Waals surface area contributed by atoms with Crippen molar-refractivity contribution >= 4 is 5.91 Å². The van der Waals surface area contributed by atoms with Crippen molar-refractivity contribution in [3.05, 3.63) is 0 Å². The first-order chi connectivity index (χ1) is 9.11. The summed E-state index contributed by atoms with van der Waals surface area (Å²) in [6.45, 7) is 8.15. The molecule has 1 amide bonds. The molecule has 2 atom stereocenters. The van der Waals surface area contributed by atoms with E-state index in [1.165, 1.54) is 0 Å². The van der Waals surface area contributed by atoms with Crippen LogP contribution in [0.1, 0.15) is 52.9 Å². The molecule has 1 N–H and O–H groups in total. The molecule has 0 saturated carbocycles. The van der Waals surface area contributed by atoms with Gasteiger partial charge in [-0.05, 0) is 25.2 Å². The average Bonchev–Trinajstić information content (AvgIpc) is 2.70. The highest BCUT2D eigenvalue weighted by atomic mass is 16.5. The van der Waals surface area contributed by atoms with Crippen molar-refractivity contribution in [2.45, 2.75) is 65.1 Å². The number of nitrogens with one attached hydrogen (secondary N) is 1. The van der Waals surface area contributed by atoms with Crippen molar-refractivity contribution in [2.24, 2.45) is 5.92 Å². The smallest absolute Gasteiger partial charge is 0.241 e. The maximum absolute atomic E-state index is 12.4. The largest absolute Gasteiger partial charge is 0.385 e. The molecule has 19 heavy (non-hydrogen) atoms. The molecule has 0 radical (unpaired) electrons. The summed E-state index contributed by atoms with van der Waals surface area (Å²) in [5.41, 5.74) is 0. The number of amides is 1. The number of ether oxygens (including phenoxy) is 1. The van der Waals surface area contributed by atoms with Gasteiger partial charge in [0.15, 0.2) is 0 Å². The van der Waals surface area contributed by atoms with E-state index in [2.05, 4.69) is 26.1 Å². The Balaban J connectivity index is 2.51. The number of unbranched alkanes of at least 4 members (excludes halogenated alkanes) is 2. The highest BCUT2D eigenvalue weighted by molar-refractivity contribution is 5.84. The van der Waals surface area contributed by atoms with E-state index in [0.29, 0.717) is 11.8 Å². The third-order valence-corrected chi connectivity index (χ3v) is 3.76. The summed E-state index contributed by atoms with van der Waals surface area (Å²) in [7, 11) is 1.72. The van der Waals surface area contributed by atoms with Gasteiger partial charge in [0.05, 0.1) is 12.2 Å². The zero-order valence-corrected chi connectivity index (χ0v) is 12.9. The first kappa shape index (κ1) is 16.4. The number of carbonyl (C=O) groups excluding carboxylic acids is 1. The van der Waals surface area contributed by atoms with Crippen LogP contribution < -0.4 is 5.32 Å². The third-order valence-electron chi connectivity index (χ3n) is 3.76. The Morgan fingerprint density at radius 3 is 2.63 bits per heavy atom. The van der Waals surface area contributed by atoms with E-state index >= 15 is 0 Å². The quantitative estimate of drug-likeness (QED) is 0.654. The summed E-state index contributed by atoms with van der Waals surface area (Å²) in [5, 5.41) is 3.51. The zero-order valence-electron chi connectivity index (χ0n) is 12.9. The second kappa shape index (κ2) is 8.54. The molecule has 4 heteroatoms. The molecule has 2 unspecified atom stereocenters. The van der Waals surface area contributed by atoms with Crippen molar-refractivity contribution < 1.29 is 9.53 Å². The molecule has 112 valence electrons. The molecular weight excluding hydrogens is 240 g/mol. The standard InChI is InChI=1S/C15H30N2O2/c1-5-6-9-13-15(18)17(10-7-8-11-19-4)14(16-13)12(2)3/h12-14,16H,5-11H2,1-4H3. The fourth-order valence-electron chi connectivity index (χ4n) is 2.65. The van der Waals surface area contributed by atoms with Gasteiger partial charge in [-0.1, -0.05) is 33.6 Å². The number of hydrogen-bond donors (Lipinski definition) is 1. The van der Waals surface area contributed by atoms with E-state index in [4.69, 9.17) is 4.74 Å². The van der Waals surface area contributed by atoms with Crippen LogP contribution in [0.2, 0.25) is 0 Å². The van der Waals surface area contributed by atoms with Crippen molar-refractivity contribution in [3.8, 4) is 0 Å². The highest BCUT2D eigenvalue weighted by Gasteiger charge is 2.38. The first-order valence-corrected chi connectivity index (χ1v) is 7.67. The van der Waals surface area contributed by atoms with Gasteiger partial charge in [-0.2, -0.15) is 0 Å². The van der Waals surface area contributed by atoms with Crippen LogP contribution in [-0.2, 0) is 9.53 Å². The molecule has 1 aliphatic rings. The van der Waals surface area contributed by atoms with Crippen LogP contribution in [0.15, 0.2) is 0 Å². The maximum Gasteiger partial charge on any atom is 0.241 e. The van der Waals surface area contributed by atoms with Gasteiger partial charge in [-0.3, -0.25) is 10.1 Å². The molecule has 0 aromatic rings. The van der Waals surface area contributed by atoms with Crippen molar-refractivity contribution in [1.29, 1.82) is 0 Å². The van der Waals surface area contributed by atoms with E-state index in [-0.39, 0.29) is 12.2 Å². The third kappa shape index (κ3) is 4.77. The van der Waals surface area contributed by atoms with Crippen molar-refractivity contribution in [2.75, 3.05) is 20.3 Å². The molecule has 1 fully saturated rings. The Morgan fingerprint density at radius 1 is 1.32 bits per heavy atom. The number of carbonyl (C=O) groups is 1. The van der Waals surface area contributed by atoms with E-state index in [9.17, 15) is 4.79 Å². The van der Waals surface area contributed by atoms with Crippen LogP contribution in [0.25, 0.3) is 0 Å². The molecule has 0 aliphatic carbocycles.